The van der Waals surface area contributed by atoms with Crippen LogP contribution in [0.5, 0.6) is 0 Å². The Kier molecular flexibility index (Phi) is 3.69. The van der Waals surface area contributed by atoms with E-state index in [1.54, 1.807) is 0 Å². The largest absolute Gasteiger partial charge is 0.311 e. The van der Waals surface area contributed by atoms with Crippen molar-refractivity contribution in [3.8, 4) is 0 Å². The summed E-state index contributed by atoms with van der Waals surface area (Å²) in [5, 5.41) is 3.50. The van der Waals surface area contributed by atoms with Gasteiger partial charge in [0.25, 0.3) is 0 Å². The van der Waals surface area contributed by atoms with Crippen molar-refractivity contribution < 1.29 is 0 Å². The number of hydrogen-bond acceptors (Lipinski definition) is 3. The topological polar surface area (TPSA) is 24.9 Å². The summed E-state index contributed by atoms with van der Waals surface area (Å²) in [6, 6.07) is 2.11. The molecule has 1 saturated carbocycles. The third-order valence-corrected chi connectivity index (χ3v) is 4.63. The van der Waals surface area contributed by atoms with E-state index in [0.717, 1.165) is 17.6 Å². The van der Waals surface area contributed by atoms with Crippen LogP contribution in [0, 0.1) is 0 Å². The zero-order chi connectivity index (χ0) is 10.7. The highest BCUT2D eigenvalue weighted by Crippen LogP contribution is 2.46. The fraction of sp³-hybridized carbons (Fsp3) is 0.545. The number of pyridine rings is 1. The van der Waals surface area contributed by atoms with E-state index in [4.69, 9.17) is 0 Å². The van der Waals surface area contributed by atoms with Gasteiger partial charge < -0.3 is 5.32 Å². The second kappa shape index (κ2) is 4.85. The summed E-state index contributed by atoms with van der Waals surface area (Å²) in [5.74, 6) is 0. The Labute approximate surface area is 103 Å². The van der Waals surface area contributed by atoms with Gasteiger partial charge in [0.1, 0.15) is 0 Å². The second-order valence-electron chi connectivity index (χ2n) is 4.00. The molecule has 82 valence electrons. The lowest BCUT2D eigenvalue weighted by molar-refractivity contribution is 0.661. The van der Waals surface area contributed by atoms with E-state index in [2.05, 4.69) is 38.6 Å². The van der Waals surface area contributed by atoms with E-state index < -0.39 is 0 Å². The lowest BCUT2D eigenvalue weighted by atomic mass is 10.3. The highest BCUT2D eigenvalue weighted by Gasteiger charge is 2.41. The van der Waals surface area contributed by atoms with Gasteiger partial charge in [-0.1, -0.05) is 0 Å². The van der Waals surface area contributed by atoms with Crippen LogP contribution >= 0.6 is 27.7 Å². The quantitative estimate of drug-likeness (QED) is 0.901. The smallest absolute Gasteiger partial charge is 0.0410 e. The van der Waals surface area contributed by atoms with Gasteiger partial charge in [-0.3, -0.25) is 4.98 Å². The van der Waals surface area contributed by atoms with Gasteiger partial charge >= 0.3 is 0 Å². The third kappa shape index (κ3) is 3.20. The van der Waals surface area contributed by atoms with E-state index in [0.29, 0.717) is 4.75 Å². The van der Waals surface area contributed by atoms with Gasteiger partial charge in [0, 0.05) is 34.7 Å². The van der Waals surface area contributed by atoms with Crippen LogP contribution in [0.2, 0.25) is 0 Å². The van der Waals surface area contributed by atoms with Crippen LogP contribution in [0.15, 0.2) is 22.9 Å². The van der Waals surface area contributed by atoms with Crippen molar-refractivity contribution in [3.05, 3.63) is 28.5 Å². The molecule has 0 saturated heterocycles. The van der Waals surface area contributed by atoms with Gasteiger partial charge in [0.2, 0.25) is 0 Å². The minimum Gasteiger partial charge on any atom is -0.311 e. The summed E-state index contributed by atoms with van der Waals surface area (Å²) in [4.78, 5) is 4.14. The van der Waals surface area contributed by atoms with Crippen LogP contribution < -0.4 is 5.32 Å². The van der Waals surface area contributed by atoms with Crippen molar-refractivity contribution in [2.75, 3.05) is 12.8 Å². The summed E-state index contributed by atoms with van der Waals surface area (Å²) < 4.78 is 1.59. The molecule has 1 aliphatic rings. The van der Waals surface area contributed by atoms with Crippen LogP contribution in [0.4, 0.5) is 0 Å². The van der Waals surface area contributed by atoms with Gasteiger partial charge in [0.05, 0.1) is 0 Å². The first-order valence-electron chi connectivity index (χ1n) is 5.09. The number of nitrogens with zero attached hydrogens (tertiary/aromatic N) is 1. The second-order valence-corrected chi connectivity index (χ2v) is 6.19. The summed E-state index contributed by atoms with van der Waals surface area (Å²) in [5.41, 5.74) is 1.24. The van der Waals surface area contributed by atoms with E-state index in [1.807, 2.05) is 24.2 Å². The molecule has 2 rings (SSSR count). The SMILES string of the molecule is CSC1(CNCc2cncc(Br)c2)CC1. The molecule has 0 amide bonds. The molecule has 1 aromatic heterocycles. The van der Waals surface area contributed by atoms with E-state index in [9.17, 15) is 0 Å². The van der Waals surface area contributed by atoms with Crippen LogP contribution in [-0.4, -0.2) is 22.5 Å². The number of rotatable bonds is 5. The molecule has 4 heteroatoms. The normalized spacial score (nSPS) is 17.7. The Morgan fingerprint density at radius 1 is 1.53 bits per heavy atom. The average Bonchev–Trinajstić information content (AvgIpc) is 2.99. The van der Waals surface area contributed by atoms with Crippen molar-refractivity contribution in [3.63, 3.8) is 0 Å². The standard InChI is InChI=1S/C11H15BrN2S/c1-15-11(2-3-11)8-14-6-9-4-10(12)7-13-5-9/h4-5,7,14H,2-3,6,8H2,1H3. The van der Waals surface area contributed by atoms with Crippen LogP contribution in [0.25, 0.3) is 0 Å². The number of hydrogen-bond donors (Lipinski definition) is 1. The van der Waals surface area contributed by atoms with Gasteiger partial charge in [0.15, 0.2) is 0 Å². The van der Waals surface area contributed by atoms with Crippen molar-refractivity contribution in [2.24, 2.45) is 0 Å². The molecular weight excluding hydrogens is 272 g/mol. The van der Waals surface area contributed by atoms with Gasteiger partial charge in [-0.2, -0.15) is 11.8 Å². The number of halogens is 1. The molecule has 0 aromatic carbocycles. The highest BCUT2D eigenvalue weighted by atomic mass is 79.9. The maximum atomic E-state index is 4.14. The Morgan fingerprint density at radius 3 is 2.93 bits per heavy atom. The third-order valence-electron chi connectivity index (χ3n) is 2.78. The minimum atomic E-state index is 0.541. The minimum absolute atomic E-state index is 0.541. The summed E-state index contributed by atoms with van der Waals surface area (Å²) in [7, 11) is 0. The van der Waals surface area contributed by atoms with Crippen molar-refractivity contribution in [1.29, 1.82) is 0 Å². The zero-order valence-corrected chi connectivity index (χ0v) is 11.2. The monoisotopic (exact) mass is 286 g/mol. The Hall–Kier alpha value is -0.0600. The maximum Gasteiger partial charge on any atom is 0.0410 e. The Morgan fingerprint density at radius 2 is 2.33 bits per heavy atom. The first kappa shape index (κ1) is 11.4. The molecule has 0 aliphatic heterocycles. The number of aromatic nitrogens is 1. The summed E-state index contributed by atoms with van der Waals surface area (Å²) in [6.07, 6.45) is 8.65. The molecule has 2 nitrogen and oxygen atoms in total. The Bertz CT molecular complexity index is 339. The van der Waals surface area contributed by atoms with Crippen molar-refractivity contribution in [1.82, 2.24) is 10.3 Å². The first-order chi connectivity index (χ1) is 7.24. The molecule has 1 aliphatic carbocycles. The van der Waals surface area contributed by atoms with Crippen LogP contribution in [0.1, 0.15) is 18.4 Å². The average molecular weight is 287 g/mol. The highest BCUT2D eigenvalue weighted by molar-refractivity contribution is 9.10. The van der Waals surface area contributed by atoms with Gasteiger partial charge in [-0.25, -0.2) is 0 Å². The molecule has 0 atom stereocenters. The molecule has 0 spiro atoms. The predicted molar refractivity (Wildman–Crippen MR) is 69.1 cm³/mol. The molecule has 0 radical (unpaired) electrons. The molecule has 1 heterocycles. The molecule has 0 bridgehead atoms. The fourth-order valence-corrected chi connectivity index (χ4v) is 2.75. The van der Waals surface area contributed by atoms with E-state index in [1.165, 1.54) is 18.4 Å². The molecule has 1 N–H and O–H groups in total. The molecule has 0 unspecified atom stereocenters. The van der Waals surface area contributed by atoms with Gasteiger partial charge in [-0.05, 0) is 46.7 Å². The number of nitrogens with one attached hydrogen (secondary N) is 1. The lowest BCUT2D eigenvalue weighted by Crippen LogP contribution is -2.25. The maximum absolute atomic E-state index is 4.14. The van der Waals surface area contributed by atoms with Crippen molar-refractivity contribution in [2.45, 2.75) is 24.1 Å². The molecular formula is C11H15BrN2S. The van der Waals surface area contributed by atoms with E-state index >= 15 is 0 Å². The fourth-order valence-electron chi connectivity index (χ4n) is 1.58. The van der Waals surface area contributed by atoms with Gasteiger partial charge in [-0.15, -0.1) is 0 Å². The zero-order valence-electron chi connectivity index (χ0n) is 8.79. The van der Waals surface area contributed by atoms with Crippen LogP contribution in [0.3, 0.4) is 0 Å². The van der Waals surface area contributed by atoms with Crippen LogP contribution in [-0.2, 0) is 6.54 Å². The Balaban J connectivity index is 1.78. The number of thioether (sulfide) groups is 1. The summed E-state index contributed by atoms with van der Waals surface area (Å²) >= 11 is 5.41. The summed E-state index contributed by atoms with van der Waals surface area (Å²) in [6.45, 7) is 2.02. The van der Waals surface area contributed by atoms with E-state index in [-0.39, 0.29) is 0 Å². The predicted octanol–water partition coefficient (Wildman–Crippen LogP) is 2.83. The first-order valence-corrected chi connectivity index (χ1v) is 7.11. The van der Waals surface area contributed by atoms with Crippen molar-refractivity contribution >= 4 is 27.7 Å². The molecule has 15 heavy (non-hydrogen) atoms. The lowest BCUT2D eigenvalue weighted by Gasteiger charge is -2.12. The molecule has 1 aromatic rings. The molecule has 1 fully saturated rings.